The second kappa shape index (κ2) is 8.08. The Morgan fingerprint density at radius 3 is 2.72 bits per heavy atom. The van der Waals surface area contributed by atoms with Gasteiger partial charge < -0.3 is 24.7 Å². The fourth-order valence-corrected chi connectivity index (χ4v) is 3.88. The van der Waals surface area contributed by atoms with E-state index in [0.717, 1.165) is 23.4 Å². The van der Waals surface area contributed by atoms with Crippen LogP contribution in [-0.4, -0.2) is 40.7 Å². The van der Waals surface area contributed by atoms with Crippen LogP contribution in [0.4, 0.5) is 10.1 Å². The number of anilines is 1. The lowest BCUT2D eigenvalue weighted by molar-refractivity contribution is 0.336. The number of ether oxygens (including phenoxy) is 2. The quantitative estimate of drug-likeness (QED) is 0.634. The number of aromatic nitrogens is 2. The molecule has 0 amide bonds. The van der Waals surface area contributed by atoms with Crippen LogP contribution in [0.5, 0.6) is 11.5 Å². The Morgan fingerprint density at radius 1 is 1.21 bits per heavy atom. The van der Waals surface area contributed by atoms with E-state index in [0.29, 0.717) is 28.8 Å². The molecule has 8 heteroatoms. The van der Waals surface area contributed by atoms with E-state index in [-0.39, 0.29) is 11.9 Å². The molecule has 6 nitrogen and oxygen atoms in total. The van der Waals surface area contributed by atoms with Gasteiger partial charge in [-0.15, -0.1) is 0 Å². The lowest BCUT2D eigenvalue weighted by Gasteiger charge is -2.37. The van der Waals surface area contributed by atoms with Crippen molar-refractivity contribution in [2.24, 2.45) is 0 Å². The highest BCUT2D eigenvalue weighted by atomic mass is 32.1. The van der Waals surface area contributed by atoms with Gasteiger partial charge in [-0.3, -0.25) is 0 Å². The number of thiocarbonyl (C=S) groups is 1. The molecule has 0 aliphatic carbocycles. The number of nitrogens with one attached hydrogen (secondary N) is 2. The molecule has 150 valence electrons. The molecule has 2 heterocycles. The SMILES string of the molecule is COc1ccc(OC)c(NC(=S)N2CCc3[nH]cnc3C2c2ccc(F)cc2)c1. The summed E-state index contributed by atoms with van der Waals surface area (Å²) in [5, 5.41) is 3.81. The molecule has 0 spiro atoms. The number of hydrogen-bond acceptors (Lipinski definition) is 4. The van der Waals surface area contributed by atoms with Gasteiger partial charge in [-0.1, -0.05) is 12.1 Å². The topological polar surface area (TPSA) is 62.4 Å². The number of benzene rings is 2. The highest BCUT2D eigenvalue weighted by molar-refractivity contribution is 7.80. The lowest BCUT2D eigenvalue weighted by atomic mass is 9.96. The van der Waals surface area contributed by atoms with Crippen LogP contribution in [0, 0.1) is 5.82 Å². The van der Waals surface area contributed by atoms with Crippen molar-refractivity contribution in [2.75, 3.05) is 26.1 Å². The van der Waals surface area contributed by atoms with Crippen LogP contribution in [0.3, 0.4) is 0 Å². The first-order valence-electron chi connectivity index (χ1n) is 9.18. The smallest absolute Gasteiger partial charge is 0.174 e. The van der Waals surface area contributed by atoms with Crippen LogP contribution in [0.2, 0.25) is 0 Å². The van der Waals surface area contributed by atoms with E-state index in [1.165, 1.54) is 12.1 Å². The summed E-state index contributed by atoms with van der Waals surface area (Å²) in [6.45, 7) is 0.690. The van der Waals surface area contributed by atoms with Gasteiger partial charge in [0.15, 0.2) is 5.11 Å². The van der Waals surface area contributed by atoms with Gasteiger partial charge in [0.1, 0.15) is 23.4 Å². The largest absolute Gasteiger partial charge is 0.497 e. The Hall–Kier alpha value is -3.13. The molecule has 0 saturated heterocycles. The van der Waals surface area contributed by atoms with E-state index in [1.807, 2.05) is 18.2 Å². The zero-order valence-electron chi connectivity index (χ0n) is 16.1. The maximum atomic E-state index is 13.5. The predicted octanol–water partition coefficient (Wildman–Crippen LogP) is 3.91. The minimum Gasteiger partial charge on any atom is -0.497 e. The first kappa shape index (κ1) is 19.2. The highest BCUT2D eigenvalue weighted by Crippen LogP contribution is 2.35. The molecule has 1 unspecified atom stereocenters. The molecule has 1 aliphatic rings. The van der Waals surface area contributed by atoms with Crippen LogP contribution >= 0.6 is 12.2 Å². The third-order valence-corrected chi connectivity index (χ3v) is 5.36. The molecule has 0 bridgehead atoms. The van der Waals surface area contributed by atoms with E-state index in [4.69, 9.17) is 21.7 Å². The molecule has 1 atom stereocenters. The average Bonchev–Trinajstić information content (AvgIpc) is 3.22. The van der Waals surface area contributed by atoms with Crippen LogP contribution in [0.25, 0.3) is 0 Å². The normalized spacial score (nSPS) is 15.6. The summed E-state index contributed by atoms with van der Waals surface area (Å²) in [7, 11) is 3.21. The number of rotatable bonds is 4. The molecule has 29 heavy (non-hydrogen) atoms. The van der Waals surface area contributed by atoms with Crippen molar-refractivity contribution in [2.45, 2.75) is 12.5 Å². The van der Waals surface area contributed by atoms with Gasteiger partial charge in [-0.2, -0.15) is 0 Å². The van der Waals surface area contributed by atoms with Gasteiger partial charge in [0.25, 0.3) is 0 Å². The monoisotopic (exact) mass is 412 g/mol. The summed E-state index contributed by atoms with van der Waals surface area (Å²) in [5.74, 6) is 1.07. The van der Waals surface area contributed by atoms with Crippen molar-refractivity contribution in [3.63, 3.8) is 0 Å². The van der Waals surface area contributed by atoms with Crippen molar-refractivity contribution in [3.05, 3.63) is 71.6 Å². The molecular weight excluding hydrogens is 391 g/mol. The van der Waals surface area contributed by atoms with Gasteiger partial charge in [0, 0.05) is 24.7 Å². The minimum absolute atomic E-state index is 0.220. The number of imidazole rings is 1. The molecule has 0 saturated carbocycles. The fraction of sp³-hybridized carbons (Fsp3) is 0.238. The molecule has 0 fully saturated rings. The van der Waals surface area contributed by atoms with Crippen LogP contribution < -0.4 is 14.8 Å². The Labute approximate surface area is 173 Å². The molecule has 1 aromatic heterocycles. The summed E-state index contributed by atoms with van der Waals surface area (Å²) in [6.07, 6.45) is 2.47. The van der Waals surface area contributed by atoms with Crippen LogP contribution in [0.1, 0.15) is 23.0 Å². The number of nitrogens with zero attached hydrogens (tertiary/aromatic N) is 2. The van der Waals surface area contributed by atoms with Gasteiger partial charge in [0.2, 0.25) is 0 Å². The summed E-state index contributed by atoms with van der Waals surface area (Å²) in [4.78, 5) is 9.77. The van der Waals surface area contributed by atoms with Gasteiger partial charge in [-0.25, -0.2) is 9.37 Å². The van der Waals surface area contributed by atoms with Crippen molar-refractivity contribution >= 4 is 23.0 Å². The van der Waals surface area contributed by atoms with E-state index < -0.39 is 0 Å². The number of halogens is 1. The van der Waals surface area contributed by atoms with E-state index in [2.05, 4.69) is 20.2 Å². The minimum atomic E-state index is -0.278. The first-order valence-corrected chi connectivity index (χ1v) is 9.58. The Kier molecular flexibility index (Phi) is 5.35. The van der Waals surface area contributed by atoms with Gasteiger partial charge >= 0.3 is 0 Å². The molecule has 0 radical (unpaired) electrons. The first-order chi connectivity index (χ1) is 14.1. The van der Waals surface area contributed by atoms with E-state index in [1.54, 1.807) is 32.7 Å². The third-order valence-electron chi connectivity index (χ3n) is 5.02. The van der Waals surface area contributed by atoms with Crippen LogP contribution in [0.15, 0.2) is 48.8 Å². The Bertz CT molecular complexity index is 1020. The zero-order chi connectivity index (χ0) is 20.4. The molecule has 4 rings (SSSR count). The molecule has 2 N–H and O–H groups in total. The summed E-state index contributed by atoms with van der Waals surface area (Å²) in [6, 6.07) is 11.7. The zero-order valence-corrected chi connectivity index (χ0v) is 16.9. The van der Waals surface area contributed by atoms with Crippen molar-refractivity contribution in [1.29, 1.82) is 0 Å². The third kappa shape index (κ3) is 3.75. The highest BCUT2D eigenvalue weighted by Gasteiger charge is 2.32. The van der Waals surface area contributed by atoms with Gasteiger partial charge in [0.05, 0.1) is 31.9 Å². The predicted molar refractivity (Wildman–Crippen MR) is 113 cm³/mol. The lowest BCUT2D eigenvalue weighted by Crippen LogP contribution is -2.43. The van der Waals surface area contributed by atoms with Crippen molar-refractivity contribution in [1.82, 2.24) is 14.9 Å². The fourth-order valence-electron chi connectivity index (χ4n) is 3.58. The van der Waals surface area contributed by atoms with Gasteiger partial charge in [-0.05, 0) is 42.0 Å². The maximum Gasteiger partial charge on any atom is 0.174 e. The number of methoxy groups -OCH3 is 2. The molecule has 3 aromatic rings. The van der Waals surface area contributed by atoms with Crippen molar-refractivity contribution < 1.29 is 13.9 Å². The van der Waals surface area contributed by atoms with E-state index in [9.17, 15) is 4.39 Å². The summed E-state index contributed by atoms with van der Waals surface area (Å²) >= 11 is 5.76. The number of hydrogen-bond donors (Lipinski definition) is 2. The Balaban J connectivity index is 1.67. The standard InChI is InChI=1S/C21H21FN4O2S/c1-27-15-7-8-18(28-2)17(11-15)25-21(29)26-10-9-16-19(24-12-23-16)20(26)13-3-5-14(22)6-4-13/h3-8,11-12,20H,9-10H2,1-2H3,(H,23,24)(H,25,29). The molecule has 1 aliphatic heterocycles. The Morgan fingerprint density at radius 2 is 2.00 bits per heavy atom. The number of fused-ring (bicyclic) bond motifs is 1. The second-order valence-electron chi connectivity index (χ2n) is 6.66. The summed E-state index contributed by atoms with van der Waals surface area (Å²) < 4.78 is 24.3. The second-order valence-corrected chi connectivity index (χ2v) is 7.05. The number of H-pyrrole nitrogens is 1. The van der Waals surface area contributed by atoms with E-state index >= 15 is 0 Å². The molecular formula is C21H21FN4O2S. The number of aromatic amines is 1. The summed E-state index contributed by atoms with van der Waals surface area (Å²) in [5.41, 5.74) is 3.59. The average molecular weight is 412 g/mol. The van der Waals surface area contributed by atoms with Crippen molar-refractivity contribution in [3.8, 4) is 11.5 Å². The maximum absolute atomic E-state index is 13.5. The molecule has 2 aromatic carbocycles. The van der Waals surface area contributed by atoms with Crippen LogP contribution in [-0.2, 0) is 6.42 Å².